The Hall–Kier alpha value is -4.79. The zero-order valence-electron chi connectivity index (χ0n) is 24.7. The highest BCUT2D eigenvalue weighted by Crippen LogP contribution is 2.38. The van der Waals surface area contributed by atoms with E-state index in [-0.39, 0.29) is 28.0 Å². The van der Waals surface area contributed by atoms with E-state index in [1.807, 2.05) is 24.3 Å². The molecule has 0 atom stereocenters. The van der Waals surface area contributed by atoms with Gasteiger partial charge in [0.15, 0.2) is 0 Å². The first-order valence-electron chi connectivity index (χ1n) is 14.6. The van der Waals surface area contributed by atoms with Gasteiger partial charge in [0.1, 0.15) is 40.3 Å². The van der Waals surface area contributed by atoms with Crippen molar-refractivity contribution >= 4 is 0 Å². The van der Waals surface area contributed by atoms with Crippen LogP contribution in [-0.4, -0.2) is 6.86 Å². The van der Waals surface area contributed by atoms with Crippen LogP contribution in [0.3, 0.4) is 0 Å². The van der Waals surface area contributed by atoms with E-state index in [1.165, 1.54) is 29.8 Å². The third-order valence-corrected chi connectivity index (χ3v) is 7.54. The van der Waals surface area contributed by atoms with Crippen molar-refractivity contribution in [3.63, 3.8) is 0 Å². The highest BCUT2D eigenvalue weighted by molar-refractivity contribution is 5.74. The van der Waals surface area contributed by atoms with E-state index in [4.69, 9.17) is 0 Å². The standard InChI is InChI=1S/C37H29F7O2/c1-2-3-4-5-23-6-8-24(9-7-23)25-10-16-30(32(39)18-25)26-11-17-31(33(40)19-26)27-20-34(41)36(35(42)21-27)37(43,44)46-29-14-12-28(13-15-29)45-22-38/h6-21H,2-5,22H2,1H3. The van der Waals surface area contributed by atoms with Crippen LogP contribution in [-0.2, 0) is 12.5 Å². The molecule has 0 radical (unpaired) electrons. The molecular formula is C37H29F7O2. The maximum absolute atomic E-state index is 15.2. The van der Waals surface area contributed by atoms with Crippen molar-refractivity contribution in [3.05, 3.63) is 131 Å². The van der Waals surface area contributed by atoms with Crippen molar-refractivity contribution in [2.45, 2.75) is 38.7 Å². The fourth-order valence-corrected chi connectivity index (χ4v) is 5.16. The highest BCUT2D eigenvalue weighted by Gasteiger charge is 2.41. The van der Waals surface area contributed by atoms with E-state index < -0.39 is 47.6 Å². The summed E-state index contributed by atoms with van der Waals surface area (Å²) < 4.78 is 111. The maximum atomic E-state index is 15.2. The van der Waals surface area contributed by atoms with Gasteiger partial charge < -0.3 is 9.47 Å². The van der Waals surface area contributed by atoms with Crippen LogP contribution in [0.15, 0.2) is 97.1 Å². The van der Waals surface area contributed by atoms with E-state index >= 15 is 8.78 Å². The van der Waals surface area contributed by atoms with E-state index in [1.54, 1.807) is 6.07 Å². The zero-order valence-corrected chi connectivity index (χ0v) is 24.7. The smallest absolute Gasteiger partial charge is 0.432 e. The lowest BCUT2D eigenvalue weighted by Crippen LogP contribution is -2.25. The molecule has 0 amide bonds. The Morgan fingerprint density at radius 2 is 1.09 bits per heavy atom. The Kier molecular flexibility index (Phi) is 9.99. The van der Waals surface area contributed by atoms with Gasteiger partial charge in [0.2, 0.25) is 6.86 Å². The van der Waals surface area contributed by atoms with Gasteiger partial charge in [-0.1, -0.05) is 68.3 Å². The van der Waals surface area contributed by atoms with Crippen LogP contribution >= 0.6 is 0 Å². The largest absolute Gasteiger partial charge is 0.463 e. The fraction of sp³-hybridized carbons (Fsp3) is 0.189. The lowest BCUT2D eigenvalue weighted by Gasteiger charge is -2.20. The SMILES string of the molecule is CCCCCc1ccc(-c2ccc(-c3ccc(-c4cc(F)c(C(F)(F)Oc5ccc(OCF)cc5)c(F)c4)c(F)c3)c(F)c2)cc1. The number of hydrogen-bond acceptors (Lipinski definition) is 2. The summed E-state index contributed by atoms with van der Waals surface area (Å²) in [7, 11) is 0. The topological polar surface area (TPSA) is 18.5 Å². The summed E-state index contributed by atoms with van der Waals surface area (Å²) in [4.78, 5) is 0. The van der Waals surface area contributed by atoms with E-state index in [0.29, 0.717) is 17.7 Å². The molecule has 0 aliphatic rings. The average molecular weight is 639 g/mol. The molecule has 2 nitrogen and oxygen atoms in total. The molecule has 5 aromatic rings. The monoisotopic (exact) mass is 638 g/mol. The lowest BCUT2D eigenvalue weighted by atomic mass is 9.96. The molecule has 5 rings (SSSR count). The van der Waals surface area contributed by atoms with Gasteiger partial charge in [0.05, 0.1) is 0 Å². The van der Waals surface area contributed by atoms with Crippen LogP contribution in [0.5, 0.6) is 11.5 Å². The number of halogens is 7. The molecule has 0 heterocycles. The summed E-state index contributed by atoms with van der Waals surface area (Å²) in [5.74, 6) is -5.30. The third kappa shape index (κ3) is 7.36. The zero-order chi connectivity index (χ0) is 32.8. The molecule has 0 bridgehead atoms. The van der Waals surface area contributed by atoms with Crippen LogP contribution in [0.1, 0.15) is 37.3 Å². The second-order valence-electron chi connectivity index (χ2n) is 10.7. The molecule has 5 aromatic carbocycles. The molecule has 0 aliphatic heterocycles. The summed E-state index contributed by atoms with van der Waals surface area (Å²) in [6.07, 6.45) is -0.0766. The van der Waals surface area contributed by atoms with Crippen molar-refractivity contribution in [1.29, 1.82) is 0 Å². The second kappa shape index (κ2) is 14.1. The minimum absolute atomic E-state index is 0.0336. The summed E-state index contributed by atoms with van der Waals surface area (Å²) in [5.41, 5.74) is 0.665. The first-order chi connectivity index (χ1) is 22.1. The van der Waals surface area contributed by atoms with Gasteiger partial charge >= 0.3 is 6.11 Å². The molecule has 0 saturated heterocycles. The van der Waals surface area contributed by atoms with Crippen molar-refractivity contribution in [3.8, 4) is 44.9 Å². The number of alkyl halides is 3. The predicted molar refractivity (Wildman–Crippen MR) is 163 cm³/mol. The first kappa shape index (κ1) is 32.6. The molecule has 0 unspecified atom stereocenters. The van der Waals surface area contributed by atoms with Crippen LogP contribution in [0, 0.1) is 23.3 Å². The Balaban J connectivity index is 1.35. The van der Waals surface area contributed by atoms with Crippen molar-refractivity contribution in [1.82, 2.24) is 0 Å². The number of aryl methyl sites for hydroxylation is 1. The number of ether oxygens (including phenoxy) is 2. The highest BCUT2D eigenvalue weighted by atomic mass is 19.3. The van der Waals surface area contributed by atoms with Crippen LogP contribution in [0.25, 0.3) is 33.4 Å². The molecule has 46 heavy (non-hydrogen) atoms. The van der Waals surface area contributed by atoms with Crippen molar-refractivity contribution < 1.29 is 40.2 Å². The van der Waals surface area contributed by atoms with E-state index in [2.05, 4.69) is 16.4 Å². The summed E-state index contributed by atoms with van der Waals surface area (Å²) >= 11 is 0. The average Bonchev–Trinajstić information content (AvgIpc) is 3.02. The molecule has 0 aromatic heterocycles. The molecule has 0 fully saturated rings. The third-order valence-electron chi connectivity index (χ3n) is 7.54. The minimum atomic E-state index is -4.45. The number of hydrogen-bond donors (Lipinski definition) is 0. The molecule has 0 aliphatic carbocycles. The second-order valence-corrected chi connectivity index (χ2v) is 10.7. The van der Waals surface area contributed by atoms with Gasteiger partial charge in [-0.05, 0) is 89.2 Å². The van der Waals surface area contributed by atoms with Gasteiger partial charge in [-0.2, -0.15) is 8.78 Å². The molecular weight excluding hydrogens is 609 g/mol. The lowest BCUT2D eigenvalue weighted by molar-refractivity contribution is -0.189. The fourth-order valence-electron chi connectivity index (χ4n) is 5.16. The van der Waals surface area contributed by atoms with Gasteiger partial charge in [-0.15, -0.1) is 0 Å². The Labute approximate surface area is 262 Å². The van der Waals surface area contributed by atoms with E-state index in [0.717, 1.165) is 61.6 Å². The summed E-state index contributed by atoms with van der Waals surface area (Å²) in [6, 6.07) is 21.5. The Morgan fingerprint density at radius 1 is 0.565 bits per heavy atom. The molecule has 0 spiro atoms. The molecule has 9 heteroatoms. The Morgan fingerprint density at radius 3 is 1.67 bits per heavy atom. The van der Waals surface area contributed by atoms with Crippen LogP contribution in [0.2, 0.25) is 0 Å². The molecule has 238 valence electrons. The van der Waals surface area contributed by atoms with Gasteiger partial charge in [0, 0.05) is 11.1 Å². The van der Waals surface area contributed by atoms with Crippen LogP contribution < -0.4 is 9.47 Å². The maximum Gasteiger partial charge on any atom is 0.432 e. The van der Waals surface area contributed by atoms with Crippen molar-refractivity contribution in [2.24, 2.45) is 0 Å². The predicted octanol–water partition coefficient (Wildman–Crippen LogP) is 11.4. The summed E-state index contributed by atoms with van der Waals surface area (Å²) in [6.45, 7) is 1.01. The van der Waals surface area contributed by atoms with Gasteiger partial charge in [-0.3, -0.25) is 0 Å². The number of rotatable bonds is 12. The molecule has 0 saturated carbocycles. The quantitative estimate of drug-likeness (QED) is 0.100. The normalized spacial score (nSPS) is 11.5. The molecule has 0 N–H and O–H groups in total. The first-order valence-corrected chi connectivity index (χ1v) is 14.6. The van der Waals surface area contributed by atoms with Crippen molar-refractivity contribution in [2.75, 3.05) is 6.86 Å². The van der Waals surface area contributed by atoms with Gasteiger partial charge in [-0.25, -0.2) is 22.0 Å². The Bertz CT molecular complexity index is 1780. The number of unbranched alkanes of at least 4 members (excludes halogenated alkanes) is 2. The van der Waals surface area contributed by atoms with E-state index in [9.17, 15) is 22.0 Å². The number of benzene rings is 5. The van der Waals surface area contributed by atoms with Gasteiger partial charge in [0.25, 0.3) is 0 Å². The minimum Gasteiger partial charge on any atom is -0.463 e. The summed E-state index contributed by atoms with van der Waals surface area (Å²) in [5, 5.41) is 0. The van der Waals surface area contributed by atoms with Crippen LogP contribution in [0.4, 0.5) is 30.7 Å².